The SMILES string of the molecule is CN1CC[C@@](O)(c2cc(-c3cccc(-n4ccc(C(N)=O)c4)c3)no2)C1=O. The van der Waals surface area contributed by atoms with E-state index >= 15 is 0 Å². The van der Waals surface area contributed by atoms with Gasteiger partial charge in [0.1, 0.15) is 5.69 Å². The van der Waals surface area contributed by atoms with Gasteiger partial charge < -0.3 is 24.8 Å². The van der Waals surface area contributed by atoms with Gasteiger partial charge in [-0.15, -0.1) is 0 Å². The van der Waals surface area contributed by atoms with Crippen LogP contribution in [0.3, 0.4) is 0 Å². The molecule has 1 aliphatic heterocycles. The van der Waals surface area contributed by atoms with E-state index in [1.807, 2.05) is 24.3 Å². The molecule has 0 unspecified atom stereocenters. The highest BCUT2D eigenvalue weighted by molar-refractivity contribution is 5.92. The summed E-state index contributed by atoms with van der Waals surface area (Å²) >= 11 is 0. The molecule has 2 aromatic heterocycles. The van der Waals surface area contributed by atoms with Crippen molar-refractivity contribution in [3.05, 3.63) is 60.1 Å². The van der Waals surface area contributed by atoms with Gasteiger partial charge in [0.05, 0.1) is 5.56 Å². The molecular formula is C19H18N4O4. The van der Waals surface area contributed by atoms with Crippen LogP contribution in [0.2, 0.25) is 0 Å². The van der Waals surface area contributed by atoms with Crippen LogP contribution in [0.25, 0.3) is 16.9 Å². The summed E-state index contributed by atoms with van der Waals surface area (Å²) in [7, 11) is 1.64. The largest absolute Gasteiger partial charge is 0.373 e. The molecule has 3 aromatic rings. The first kappa shape index (κ1) is 17.0. The van der Waals surface area contributed by atoms with Gasteiger partial charge in [-0.25, -0.2) is 0 Å². The Balaban J connectivity index is 1.66. The molecule has 0 saturated carbocycles. The van der Waals surface area contributed by atoms with Gasteiger partial charge in [0, 0.05) is 49.7 Å². The Labute approximate surface area is 154 Å². The molecule has 4 rings (SSSR count). The number of likely N-dealkylation sites (tertiary alicyclic amines) is 1. The van der Waals surface area contributed by atoms with Crippen molar-refractivity contribution in [2.45, 2.75) is 12.0 Å². The molecule has 0 spiro atoms. The van der Waals surface area contributed by atoms with Gasteiger partial charge >= 0.3 is 0 Å². The zero-order valence-electron chi connectivity index (χ0n) is 14.6. The van der Waals surface area contributed by atoms with Crippen LogP contribution >= 0.6 is 0 Å². The number of carbonyl (C=O) groups is 2. The summed E-state index contributed by atoms with van der Waals surface area (Å²) in [6.07, 6.45) is 3.64. The molecule has 2 amide bonds. The molecule has 1 aromatic carbocycles. The van der Waals surface area contributed by atoms with Gasteiger partial charge in [-0.05, 0) is 18.2 Å². The fourth-order valence-corrected chi connectivity index (χ4v) is 3.22. The molecular weight excluding hydrogens is 348 g/mol. The average molecular weight is 366 g/mol. The Morgan fingerprint density at radius 2 is 2.15 bits per heavy atom. The number of nitrogens with two attached hydrogens (primary N) is 1. The van der Waals surface area contributed by atoms with Gasteiger partial charge in [-0.2, -0.15) is 0 Å². The third-order valence-corrected chi connectivity index (χ3v) is 4.84. The van der Waals surface area contributed by atoms with Crippen molar-refractivity contribution in [1.29, 1.82) is 0 Å². The fraction of sp³-hybridized carbons (Fsp3) is 0.211. The first-order valence-corrected chi connectivity index (χ1v) is 8.42. The number of likely N-dealkylation sites (N-methyl/N-ethyl adjacent to an activating group) is 1. The lowest BCUT2D eigenvalue weighted by Gasteiger charge is -2.16. The summed E-state index contributed by atoms with van der Waals surface area (Å²) in [5, 5.41) is 14.7. The highest BCUT2D eigenvalue weighted by Gasteiger charge is 2.48. The number of primary amides is 1. The highest BCUT2D eigenvalue weighted by Crippen LogP contribution is 2.34. The second kappa shape index (κ2) is 6.10. The minimum absolute atomic E-state index is 0.134. The first-order valence-electron chi connectivity index (χ1n) is 8.42. The van der Waals surface area contributed by atoms with Crippen molar-refractivity contribution in [2.24, 2.45) is 5.73 Å². The van der Waals surface area contributed by atoms with Gasteiger partial charge in [-0.3, -0.25) is 9.59 Å². The molecule has 1 saturated heterocycles. The number of hydrogen-bond acceptors (Lipinski definition) is 5. The summed E-state index contributed by atoms with van der Waals surface area (Å²) < 4.78 is 7.06. The van der Waals surface area contributed by atoms with E-state index in [0.29, 0.717) is 17.8 Å². The van der Waals surface area contributed by atoms with Crippen molar-refractivity contribution in [2.75, 3.05) is 13.6 Å². The van der Waals surface area contributed by atoms with Crippen LogP contribution in [0.15, 0.2) is 53.3 Å². The van der Waals surface area contributed by atoms with E-state index < -0.39 is 17.4 Å². The summed E-state index contributed by atoms with van der Waals surface area (Å²) in [5.74, 6) is -0.759. The molecule has 1 atom stereocenters. The smallest absolute Gasteiger partial charge is 0.262 e. The molecule has 0 aliphatic carbocycles. The summed E-state index contributed by atoms with van der Waals surface area (Å²) in [4.78, 5) is 25.0. The highest BCUT2D eigenvalue weighted by atomic mass is 16.5. The third kappa shape index (κ3) is 2.80. The van der Waals surface area contributed by atoms with Crippen LogP contribution in [-0.4, -0.2) is 45.1 Å². The van der Waals surface area contributed by atoms with E-state index in [9.17, 15) is 14.7 Å². The van der Waals surface area contributed by atoms with E-state index in [2.05, 4.69) is 5.16 Å². The van der Waals surface area contributed by atoms with Crippen LogP contribution in [0.4, 0.5) is 0 Å². The minimum Gasteiger partial charge on any atom is -0.373 e. The van der Waals surface area contributed by atoms with E-state index in [0.717, 1.165) is 11.3 Å². The number of hydrogen-bond donors (Lipinski definition) is 2. The van der Waals surface area contributed by atoms with Gasteiger partial charge in [0.15, 0.2) is 5.76 Å². The van der Waals surface area contributed by atoms with Crippen LogP contribution in [-0.2, 0) is 10.4 Å². The van der Waals surface area contributed by atoms with E-state index in [1.165, 1.54) is 4.90 Å². The zero-order valence-corrected chi connectivity index (χ0v) is 14.6. The maximum Gasteiger partial charge on any atom is 0.262 e. The fourth-order valence-electron chi connectivity index (χ4n) is 3.22. The van der Waals surface area contributed by atoms with Crippen LogP contribution in [0.5, 0.6) is 0 Å². The second-order valence-electron chi connectivity index (χ2n) is 6.64. The summed E-state index contributed by atoms with van der Waals surface area (Å²) in [5.41, 5.74) is 6.09. The first-order chi connectivity index (χ1) is 12.9. The van der Waals surface area contributed by atoms with E-state index in [1.54, 1.807) is 36.1 Å². The molecule has 1 fully saturated rings. The maximum atomic E-state index is 12.2. The predicted molar refractivity (Wildman–Crippen MR) is 95.9 cm³/mol. The Bertz CT molecular complexity index is 1040. The quantitative estimate of drug-likeness (QED) is 0.722. The second-order valence-corrected chi connectivity index (χ2v) is 6.64. The number of carbonyl (C=O) groups excluding carboxylic acids is 2. The van der Waals surface area contributed by atoms with Gasteiger partial charge in [0.2, 0.25) is 11.5 Å². The zero-order chi connectivity index (χ0) is 19.2. The minimum atomic E-state index is -1.67. The Hall–Kier alpha value is -3.39. The molecule has 8 heteroatoms. The number of aliphatic hydroxyl groups is 1. The molecule has 0 radical (unpaired) electrons. The monoisotopic (exact) mass is 366 g/mol. The number of amides is 2. The van der Waals surface area contributed by atoms with Crippen molar-refractivity contribution >= 4 is 11.8 Å². The van der Waals surface area contributed by atoms with Crippen molar-refractivity contribution in [3.63, 3.8) is 0 Å². The Kier molecular flexibility index (Phi) is 3.85. The number of aromatic nitrogens is 2. The van der Waals surface area contributed by atoms with E-state index in [-0.39, 0.29) is 12.2 Å². The molecule has 3 N–H and O–H groups in total. The standard InChI is InChI=1S/C19H18N4O4/c1-22-8-6-19(26,18(22)25)16-10-15(21-27-16)12-3-2-4-14(9-12)23-7-5-13(11-23)17(20)24/h2-5,7,9-11,26H,6,8H2,1H3,(H2,20,24)/t19-/m1/s1. The Morgan fingerprint density at radius 1 is 1.33 bits per heavy atom. The van der Waals surface area contributed by atoms with Crippen LogP contribution in [0.1, 0.15) is 22.5 Å². The average Bonchev–Trinajstić information content (AvgIpc) is 3.39. The summed E-state index contributed by atoms with van der Waals surface area (Å²) in [6.45, 7) is 0.455. The molecule has 3 heterocycles. The van der Waals surface area contributed by atoms with E-state index in [4.69, 9.17) is 10.3 Å². The maximum absolute atomic E-state index is 12.2. The molecule has 8 nitrogen and oxygen atoms in total. The number of nitrogens with zero attached hydrogens (tertiary/aromatic N) is 3. The molecule has 1 aliphatic rings. The van der Waals surface area contributed by atoms with Crippen LogP contribution < -0.4 is 5.73 Å². The normalized spacial score (nSPS) is 19.6. The molecule has 27 heavy (non-hydrogen) atoms. The van der Waals surface area contributed by atoms with Crippen molar-refractivity contribution in [3.8, 4) is 16.9 Å². The summed E-state index contributed by atoms with van der Waals surface area (Å²) in [6, 6.07) is 10.6. The third-order valence-electron chi connectivity index (χ3n) is 4.84. The van der Waals surface area contributed by atoms with Gasteiger partial charge in [0.25, 0.3) is 5.91 Å². The topological polar surface area (TPSA) is 115 Å². The lowest BCUT2D eigenvalue weighted by Crippen LogP contribution is -2.35. The molecule has 0 bridgehead atoms. The number of benzene rings is 1. The lowest BCUT2D eigenvalue weighted by molar-refractivity contribution is -0.144. The Morgan fingerprint density at radius 3 is 2.81 bits per heavy atom. The van der Waals surface area contributed by atoms with Crippen LogP contribution in [0, 0.1) is 0 Å². The van der Waals surface area contributed by atoms with Crippen molar-refractivity contribution < 1.29 is 19.2 Å². The lowest BCUT2D eigenvalue weighted by atomic mass is 9.98. The predicted octanol–water partition coefficient (Wildman–Crippen LogP) is 1.28. The van der Waals surface area contributed by atoms with Crippen molar-refractivity contribution in [1.82, 2.24) is 14.6 Å². The number of rotatable bonds is 4. The molecule has 138 valence electrons. The van der Waals surface area contributed by atoms with Gasteiger partial charge in [-0.1, -0.05) is 17.3 Å².